The third kappa shape index (κ3) is 2.18. The minimum atomic E-state index is 0.641. The van der Waals surface area contributed by atoms with Crippen LogP contribution in [0.2, 0.25) is 0 Å². The molecule has 0 atom stereocenters. The van der Waals surface area contributed by atoms with Crippen molar-refractivity contribution in [2.75, 3.05) is 11.5 Å². The lowest BCUT2D eigenvalue weighted by atomic mass is 10.2. The van der Waals surface area contributed by atoms with Crippen LogP contribution in [-0.2, 0) is 0 Å². The molecule has 0 aromatic heterocycles. The average Bonchev–Trinajstić information content (AvgIpc) is 2.31. The third-order valence-corrected chi connectivity index (χ3v) is 2.79. The zero-order valence-electron chi connectivity index (χ0n) is 10.0. The van der Waals surface area contributed by atoms with E-state index in [1.807, 2.05) is 50.2 Å². The molecule has 0 amide bonds. The van der Waals surface area contributed by atoms with Crippen molar-refractivity contribution in [3.8, 4) is 11.5 Å². The Morgan fingerprint density at radius 1 is 0.765 bits per heavy atom. The van der Waals surface area contributed by atoms with Gasteiger partial charge in [0.05, 0.1) is 11.4 Å². The molecule has 0 saturated heterocycles. The second-order valence-electron chi connectivity index (χ2n) is 4.08. The number of aryl methyl sites for hydroxylation is 2. The summed E-state index contributed by atoms with van der Waals surface area (Å²) < 4.78 is 5.75. The highest BCUT2D eigenvalue weighted by Crippen LogP contribution is 2.33. The fourth-order valence-electron chi connectivity index (χ4n) is 1.60. The Kier molecular flexibility index (Phi) is 2.91. The molecule has 3 heteroatoms. The predicted molar refractivity (Wildman–Crippen MR) is 71.3 cm³/mol. The molecular formula is C14H16N2O. The van der Waals surface area contributed by atoms with E-state index >= 15 is 0 Å². The van der Waals surface area contributed by atoms with Gasteiger partial charge in [0.15, 0.2) is 11.5 Å². The summed E-state index contributed by atoms with van der Waals surface area (Å²) in [5.74, 6) is 1.28. The number of ether oxygens (including phenoxy) is 1. The molecule has 17 heavy (non-hydrogen) atoms. The van der Waals surface area contributed by atoms with Crippen molar-refractivity contribution in [1.29, 1.82) is 0 Å². The Bertz CT molecular complexity index is 500. The van der Waals surface area contributed by atoms with Gasteiger partial charge in [0, 0.05) is 0 Å². The van der Waals surface area contributed by atoms with E-state index in [9.17, 15) is 0 Å². The lowest BCUT2D eigenvalue weighted by Gasteiger charge is -2.12. The summed E-state index contributed by atoms with van der Waals surface area (Å²) in [5.41, 5.74) is 15.2. The Labute approximate surface area is 101 Å². The molecule has 2 aromatic rings. The molecule has 4 N–H and O–H groups in total. The highest BCUT2D eigenvalue weighted by molar-refractivity contribution is 5.63. The largest absolute Gasteiger partial charge is 0.453 e. The fourth-order valence-corrected chi connectivity index (χ4v) is 1.60. The fraction of sp³-hybridized carbons (Fsp3) is 0.143. The normalized spacial score (nSPS) is 10.2. The number of rotatable bonds is 2. The van der Waals surface area contributed by atoms with E-state index in [0.717, 1.165) is 11.1 Å². The molecule has 0 heterocycles. The van der Waals surface area contributed by atoms with Crippen LogP contribution in [0.3, 0.4) is 0 Å². The van der Waals surface area contributed by atoms with Crippen LogP contribution in [0.15, 0.2) is 36.4 Å². The summed E-state index contributed by atoms with van der Waals surface area (Å²) in [6.45, 7) is 3.89. The molecule has 0 fully saturated rings. The van der Waals surface area contributed by atoms with Crippen molar-refractivity contribution in [3.05, 3.63) is 47.5 Å². The number of anilines is 2. The van der Waals surface area contributed by atoms with Crippen LogP contribution in [0.25, 0.3) is 0 Å². The molecule has 2 rings (SSSR count). The quantitative estimate of drug-likeness (QED) is 0.775. The van der Waals surface area contributed by atoms with Crippen LogP contribution < -0.4 is 16.2 Å². The summed E-state index contributed by atoms with van der Waals surface area (Å²) in [4.78, 5) is 0. The van der Waals surface area contributed by atoms with E-state index < -0.39 is 0 Å². The Hall–Kier alpha value is -2.16. The van der Waals surface area contributed by atoms with Gasteiger partial charge in [0.2, 0.25) is 0 Å². The van der Waals surface area contributed by atoms with Gasteiger partial charge in [-0.25, -0.2) is 0 Å². The molecule has 0 aliphatic heterocycles. The zero-order chi connectivity index (χ0) is 12.4. The van der Waals surface area contributed by atoms with Crippen LogP contribution in [0.4, 0.5) is 11.4 Å². The van der Waals surface area contributed by atoms with Gasteiger partial charge in [-0.05, 0) is 37.1 Å². The molecule has 88 valence electrons. The Morgan fingerprint density at radius 2 is 1.18 bits per heavy atom. The van der Waals surface area contributed by atoms with Gasteiger partial charge in [0.1, 0.15) is 0 Å². The number of hydrogen-bond acceptors (Lipinski definition) is 3. The zero-order valence-corrected chi connectivity index (χ0v) is 10.0. The molecular weight excluding hydrogens is 212 g/mol. The second-order valence-corrected chi connectivity index (χ2v) is 4.08. The maximum Gasteiger partial charge on any atom is 0.150 e. The molecule has 0 spiro atoms. The molecule has 0 aliphatic rings. The highest BCUT2D eigenvalue weighted by atomic mass is 16.5. The minimum absolute atomic E-state index is 0.641. The maximum absolute atomic E-state index is 5.95. The summed E-state index contributed by atoms with van der Waals surface area (Å²) in [7, 11) is 0. The highest BCUT2D eigenvalue weighted by Gasteiger charge is 2.07. The first-order valence-corrected chi connectivity index (χ1v) is 5.47. The van der Waals surface area contributed by atoms with Crippen molar-refractivity contribution < 1.29 is 4.74 Å². The number of nitrogens with two attached hydrogens (primary N) is 2. The smallest absolute Gasteiger partial charge is 0.150 e. The molecule has 0 bridgehead atoms. The van der Waals surface area contributed by atoms with E-state index in [4.69, 9.17) is 16.2 Å². The summed E-state index contributed by atoms with van der Waals surface area (Å²) in [6.07, 6.45) is 0. The van der Waals surface area contributed by atoms with Crippen LogP contribution >= 0.6 is 0 Å². The molecule has 0 unspecified atom stereocenters. The lowest BCUT2D eigenvalue weighted by molar-refractivity contribution is 0.487. The first kappa shape index (κ1) is 11.3. The molecule has 0 saturated carbocycles. The SMILES string of the molecule is Cc1cccc(Oc2cccc(C)c2N)c1N. The first-order valence-electron chi connectivity index (χ1n) is 5.47. The van der Waals surface area contributed by atoms with Crippen LogP contribution in [0.1, 0.15) is 11.1 Å². The number of nitrogen functional groups attached to an aromatic ring is 2. The van der Waals surface area contributed by atoms with Gasteiger partial charge >= 0.3 is 0 Å². The number of hydrogen-bond donors (Lipinski definition) is 2. The van der Waals surface area contributed by atoms with Crippen molar-refractivity contribution in [3.63, 3.8) is 0 Å². The first-order chi connectivity index (χ1) is 8.09. The van der Waals surface area contributed by atoms with E-state index in [2.05, 4.69) is 0 Å². The van der Waals surface area contributed by atoms with Crippen molar-refractivity contribution in [2.45, 2.75) is 13.8 Å². The Balaban J connectivity index is 2.38. The van der Waals surface area contributed by atoms with Crippen LogP contribution in [-0.4, -0.2) is 0 Å². The van der Waals surface area contributed by atoms with E-state index in [1.165, 1.54) is 0 Å². The molecule has 2 aromatic carbocycles. The van der Waals surface area contributed by atoms with Crippen LogP contribution in [0.5, 0.6) is 11.5 Å². The van der Waals surface area contributed by atoms with Crippen LogP contribution in [0, 0.1) is 13.8 Å². The van der Waals surface area contributed by atoms with Crippen molar-refractivity contribution in [1.82, 2.24) is 0 Å². The van der Waals surface area contributed by atoms with E-state index in [-0.39, 0.29) is 0 Å². The molecule has 3 nitrogen and oxygen atoms in total. The minimum Gasteiger partial charge on any atom is -0.453 e. The monoisotopic (exact) mass is 228 g/mol. The van der Waals surface area contributed by atoms with Gasteiger partial charge in [0.25, 0.3) is 0 Å². The van der Waals surface area contributed by atoms with Gasteiger partial charge in [-0.2, -0.15) is 0 Å². The lowest BCUT2D eigenvalue weighted by Crippen LogP contribution is -1.98. The van der Waals surface area contributed by atoms with Gasteiger partial charge < -0.3 is 16.2 Å². The number of para-hydroxylation sites is 2. The predicted octanol–water partition coefficient (Wildman–Crippen LogP) is 3.26. The Morgan fingerprint density at radius 3 is 1.59 bits per heavy atom. The third-order valence-electron chi connectivity index (χ3n) is 2.79. The average molecular weight is 228 g/mol. The maximum atomic E-state index is 5.95. The van der Waals surface area contributed by atoms with Gasteiger partial charge in [-0.3, -0.25) is 0 Å². The molecule has 0 radical (unpaired) electrons. The second kappa shape index (κ2) is 4.37. The summed E-state index contributed by atoms with van der Waals surface area (Å²) in [5, 5.41) is 0. The van der Waals surface area contributed by atoms with Gasteiger partial charge in [-0.1, -0.05) is 24.3 Å². The topological polar surface area (TPSA) is 61.3 Å². The number of benzene rings is 2. The molecule has 0 aliphatic carbocycles. The van der Waals surface area contributed by atoms with Crippen molar-refractivity contribution >= 4 is 11.4 Å². The summed E-state index contributed by atoms with van der Waals surface area (Å²) in [6, 6.07) is 11.4. The van der Waals surface area contributed by atoms with Gasteiger partial charge in [-0.15, -0.1) is 0 Å². The van der Waals surface area contributed by atoms with E-state index in [1.54, 1.807) is 0 Å². The summed E-state index contributed by atoms with van der Waals surface area (Å²) >= 11 is 0. The van der Waals surface area contributed by atoms with E-state index in [0.29, 0.717) is 22.9 Å². The standard InChI is InChI=1S/C14H16N2O/c1-9-5-3-7-11(13(9)15)17-12-8-4-6-10(2)14(12)16/h3-8H,15-16H2,1-2H3. The van der Waals surface area contributed by atoms with Crippen molar-refractivity contribution in [2.24, 2.45) is 0 Å².